The summed E-state index contributed by atoms with van der Waals surface area (Å²) in [5, 5.41) is 8.36. The van der Waals surface area contributed by atoms with Crippen LogP contribution >= 0.6 is 0 Å². The van der Waals surface area contributed by atoms with Crippen molar-refractivity contribution in [3.05, 3.63) is 435 Å². The summed E-state index contributed by atoms with van der Waals surface area (Å²) >= 11 is 0. The summed E-state index contributed by atoms with van der Waals surface area (Å²) in [5.74, 6) is -0.0625. The fraction of sp³-hybridized carbons (Fsp3) is 0.0700. The van der Waals surface area contributed by atoms with Gasteiger partial charge in [-0.1, -0.05) is 215 Å². The van der Waals surface area contributed by atoms with Crippen molar-refractivity contribution in [2.24, 2.45) is 0 Å². The molecule has 0 saturated carbocycles. The maximum Gasteiger partial charge on any atom is 0.155 e. The number of nitrogens with zero attached hydrogens (tertiary/aromatic N) is 6. The maximum atomic E-state index is 10.0. The number of aliphatic hydroxyl groups is 1. The number of allylic oxidation sites excluding steroid dienone is 2. The van der Waals surface area contributed by atoms with Crippen molar-refractivity contribution in [3.8, 4) is 112 Å². The maximum absolute atomic E-state index is 10.0. The summed E-state index contributed by atoms with van der Waals surface area (Å²) in [6.07, 6.45) is 12.0. The molecule has 1 N–H and O–H groups in total. The molecule has 0 fully saturated rings. The predicted molar refractivity (Wildman–Crippen MR) is 444 cm³/mol. The van der Waals surface area contributed by atoms with Crippen LogP contribution in [0.4, 0.5) is 0 Å². The zero-order valence-electron chi connectivity index (χ0n) is 67.6. The number of carbonyl (C=O) groups excluding carboxylic acids is 1. The summed E-state index contributed by atoms with van der Waals surface area (Å²) in [5.41, 5.74) is 25.3. The van der Waals surface area contributed by atoms with E-state index in [0.717, 1.165) is 84.1 Å². The van der Waals surface area contributed by atoms with Gasteiger partial charge in [-0.05, 0) is 118 Å². The molecule has 0 saturated heterocycles. The number of hydrogen-bond donors (Lipinski definition) is 1. The fourth-order valence-electron chi connectivity index (χ4n) is 11.0. The Morgan fingerprint density at radius 2 is 0.714 bits per heavy atom. The van der Waals surface area contributed by atoms with Crippen LogP contribution in [-0.2, 0) is 85.2 Å². The zero-order chi connectivity index (χ0) is 79.9. The van der Waals surface area contributed by atoms with Crippen molar-refractivity contribution < 1.29 is 97.2 Å². The van der Waals surface area contributed by atoms with Crippen molar-refractivity contribution in [2.45, 2.75) is 48.5 Å². The van der Waals surface area contributed by atoms with Crippen molar-refractivity contribution in [1.29, 1.82) is 0 Å². The Balaban J connectivity index is 0.000000215. The van der Waals surface area contributed by atoms with Crippen molar-refractivity contribution in [3.63, 3.8) is 0 Å². The molecule has 0 aliphatic heterocycles. The molecule has 0 atom stereocenters. The van der Waals surface area contributed by atoms with Gasteiger partial charge in [-0.3, -0.25) is 4.79 Å². The minimum Gasteiger partial charge on any atom is -0.512 e. The first kappa shape index (κ1) is 81.9. The molecule has 12 heteroatoms. The van der Waals surface area contributed by atoms with Gasteiger partial charge in [0, 0.05) is 124 Å². The molecule has 6 heterocycles. The fourth-order valence-corrected chi connectivity index (χ4v) is 11.0. The third-order valence-electron chi connectivity index (χ3n) is 16.0. The molecule has 0 amide bonds. The summed E-state index contributed by atoms with van der Waals surface area (Å²) in [7, 11) is 0. The van der Waals surface area contributed by atoms with Crippen LogP contribution in [0, 0.1) is 71.0 Å². The number of pyridine rings is 6. The average Bonchev–Trinajstić information content (AvgIpc) is 0.775. The number of aromatic nitrogens is 6. The molecule has 8 nitrogen and oxygen atoms in total. The Labute approximate surface area is 721 Å². The molecule has 0 unspecified atom stereocenters. The Kier molecular flexibility index (Phi) is 35.5. The standard InChI is InChI=1S/2C19H16N.2C17H12N.C12H10N.C11H8N.C5H8O2.4Ir/c2*1-14-10-15(2)12-18(11-14)19-9-8-17(13-20-19)16-6-4-3-5-7-16;1-3-7-14(8-4-1)16-11-12-18-17(13-16)15-9-5-2-6-10-15;1-3-7-14(8-4-1)16-11-12-17(18-13-16)15-9-5-2-6-10-15;1-10-6-5-9-13-12(10)11-7-3-2-4-8-11;1-2-6-10(7-3-1)11-8-4-5-9-12-11;1-4(6)3-5(2)7;;;;/h2*3-11,13H,1-2H3;2*1-9,11-13H;2-7,9H,1H3;1-6,8-9H;3,6H,1-2H3;;;;/q6*-1;;;;;/i;;;1D,3D,4D,7D,8D;;;;;;;. The van der Waals surface area contributed by atoms with Gasteiger partial charge in [-0.15, -0.1) is 213 Å². The number of benzene rings is 10. The SMILES string of the molecule is CC(=O)C=C(C)O.Cc1[c-]c(-c2ccc(-c3ccccc3)cn2)cc(C)c1.Cc1[c-]c(-c2ccc(-c3ccccc3)cn2)cc(C)c1.Cc1cccnc1-c1[c-]cccc1.[2H]c1c([2H])c([2H])c(-c2ccc(-c3[c-]cccc3)nc2)c([2H])c1[2H].[Ir].[Ir].[Ir].[Ir].[c-]1ccccc1-c1cc(-c2ccccc2)ccn1.[c-]1ccccc1-c1ccccn1. The van der Waals surface area contributed by atoms with E-state index in [4.69, 9.17) is 12.0 Å². The van der Waals surface area contributed by atoms with Gasteiger partial charge in [-0.2, -0.15) is 0 Å². The van der Waals surface area contributed by atoms with Crippen LogP contribution < -0.4 is 0 Å². The number of hydrogen-bond acceptors (Lipinski definition) is 8. The number of ketones is 1. The first-order chi connectivity index (χ1) is 54.8. The zero-order valence-corrected chi connectivity index (χ0v) is 72.2. The molecule has 16 rings (SSSR count). The second kappa shape index (κ2) is 48.5. The minimum absolute atomic E-state index is 0. The normalized spacial score (nSPS) is 10.6. The van der Waals surface area contributed by atoms with Crippen molar-refractivity contribution in [2.75, 3.05) is 0 Å². The first-order valence-corrected chi connectivity index (χ1v) is 35.0. The summed E-state index contributed by atoms with van der Waals surface area (Å²) in [6, 6.07) is 114. The van der Waals surface area contributed by atoms with E-state index in [-0.39, 0.29) is 122 Å². The van der Waals surface area contributed by atoms with Gasteiger partial charge in [0.2, 0.25) is 0 Å². The average molecular weight is 2170 g/mol. The van der Waals surface area contributed by atoms with Gasteiger partial charge in [0.05, 0.1) is 12.6 Å². The Morgan fingerprint density at radius 3 is 1.09 bits per heavy atom. The molecule has 0 aliphatic carbocycles. The number of rotatable bonds is 11. The molecule has 0 spiro atoms. The Bertz CT molecular complexity index is 5410. The van der Waals surface area contributed by atoms with E-state index in [1.807, 2.05) is 201 Å². The third kappa shape index (κ3) is 29.3. The van der Waals surface area contributed by atoms with Crippen LogP contribution in [-0.4, -0.2) is 40.8 Å². The van der Waals surface area contributed by atoms with Gasteiger partial charge in [0.15, 0.2) is 5.78 Å². The second-order valence-corrected chi connectivity index (χ2v) is 24.7. The molecular weight excluding hydrogens is 2090 g/mol. The second-order valence-electron chi connectivity index (χ2n) is 24.7. The van der Waals surface area contributed by atoms with Gasteiger partial charge < -0.3 is 35.0 Å². The van der Waals surface area contributed by atoms with Crippen molar-refractivity contribution >= 4 is 5.78 Å². The molecule has 4 radical (unpaired) electrons. The molecule has 566 valence electrons. The summed E-state index contributed by atoms with van der Waals surface area (Å²) in [6.45, 7) is 13.2. The van der Waals surface area contributed by atoms with Crippen LogP contribution in [0.2, 0.25) is 0 Å². The van der Waals surface area contributed by atoms with Gasteiger partial charge >= 0.3 is 0 Å². The number of aryl methyl sites for hydroxylation is 5. The van der Waals surface area contributed by atoms with Crippen LogP contribution in [0.25, 0.3) is 112 Å². The monoisotopic (exact) mass is 2180 g/mol. The molecule has 112 heavy (non-hydrogen) atoms. The molecule has 0 bridgehead atoms. The molecule has 0 aliphatic rings. The summed E-state index contributed by atoms with van der Waals surface area (Å²) in [4.78, 5) is 36.4. The van der Waals surface area contributed by atoms with Crippen LogP contribution in [0.3, 0.4) is 0 Å². The molecule has 6 aromatic heterocycles. The number of carbonyl (C=O) groups is 1. The quantitative estimate of drug-likeness (QED) is 0.0774. The first-order valence-electron chi connectivity index (χ1n) is 37.5. The van der Waals surface area contributed by atoms with Crippen molar-refractivity contribution in [1.82, 2.24) is 29.9 Å². The van der Waals surface area contributed by atoms with E-state index in [2.05, 4.69) is 198 Å². The minimum atomic E-state index is -0.396. The smallest absolute Gasteiger partial charge is 0.155 e. The molecular formula is C100H82Ir4N6O2-6. The van der Waals surface area contributed by atoms with E-state index < -0.39 is 6.04 Å². The Morgan fingerprint density at radius 1 is 0.330 bits per heavy atom. The number of aliphatic hydroxyl groups excluding tert-OH is 1. The topological polar surface area (TPSA) is 115 Å². The predicted octanol–water partition coefficient (Wildman–Crippen LogP) is 24.5. The van der Waals surface area contributed by atoms with Gasteiger partial charge in [-0.25, -0.2) is 0 Å². The van der Waals surface area contributed by atoms with E-state index in [0.29, 0.717) is 11.3 Å². The Hall–Kier alpha value is -11.1. The third-order valence-corrected chi connectivity index (χ3v) is 16.0. The van der Waals surface area contributed by atoms with Crippen LogP contribution in [0.15, 0.2) is 370 Å². The van der Waals surface area contributed by atoms with Crippen LogP contribution in [0.1, 0.15) is 48.5 Å². The van der Waals surface area contributed by atoms with E-state index >= 15 is 0 Å². The van der Waals surface area contributed by atoms with Crippen LogP contribution in [0.5, 0.6) is 0 Å². The summed E-state index contributed by atoms with van der Waals surface area (Å²) < 4.78 is 39.1. The van der Waals surface area contributed by atoms with E-state index in [9.17, 15) is 4.79 Å². The molecule has 10 aromatic carbocycles. The van der Waals surface area contributed by atoms with Gasteiger partial charge in [0.1, 0.15) is 0 Å². The van der Waals surface area contributed by atoms with E-state index in [1.165, 1.54) is 65.1 Å². The molecule has 16 aromatic rings. The van der Waals surface area contributed by atoms with Gasteiger partial charge in [0.25, 0.3) is 0 Å². The largest absolute Gasteiger partial charge is 0.512 e. The van der Waals surface area contributed by atoms with E-state index in [1.54, 1.807) is 24.4 Å².